The number of hydrogen-bond acceptors (Lipinski definition) is 2. The van der Waals surface area contributed by atoms with Crippen molar-refractivity contribution in [2.75, 3.05) is 6.54 Å². The first-order valence-electron chi connectivity index (χ1n) is 5.62. The Balaban J connectivity index is 2.38. The lowest BCUT2D eigenvalue weighted by Crippen LogP contribution is -2.21. The molecule has 0 aliphatic heterocycles. The monoisotopic (exact) mass is 221 g/mol. The average molecular weight is 221 g/mol. The Bertz CT molecular complexity index is 350. The van der Waals surface area contributed by atoms with E-state index >= 15 is 0 Å². The Labute approximate surface area is 96.5 Å². The summed E-state index contributed by atoms with van der Waals surface area (Å²) in [6.45, 7) is 4.93. The largest absolute Gasteiger partial charge is 0.481 e. The predicted octanol–water partition coefficient (Wildman–Crippen LogP) is 2.51. The van der Waals surface area contributed by atoms with Gasteiger partial charge in [0.05, 0.1) is 0 Å². The molecule has 88 valence electrons. The van der Waals surface area contributed by atoms with E-state index in [0.29, 0.717) is 6.42 Å². The lowest BCUT2D eigenvalue weighted by Gasteiger charge is -2.16. The molecule has 0 amide bonds. The topological polar surface area (TPSA) is 49.3 Å². The molecular weight excluding hydrogens is 202 g/mol. The van der Waals surface area contributed by atoms with Crippen LogP contribution in [0.25, 0.3) is 0 Å². The molecule has 1 atom stereocenters. The van der Waals surface area contributed by atoms with Crippen molar-refractivity contribution in [2.24, 2.45) is 0 Å². The van der Waals surface area contributed by atoms with Gasteiger partial charge in [-0.15, -0.1) is 0 Å². The average Bonchev–Trinajstić information content (AvgIpc) is 2.24. The minimum Gasteiger partial charge on any atom is -0.481 e. The van der Waals surface area contributed by atoms with E-state index in [9.17, 15) is 4.79 Å². The lowest BCUT2D eigenvalue weighted by molar-refractivity contribution is -0.137. The van der Waals surface area contributed by atoms with Crippen LogP contribution >= 0.6 is 0 Å². The summed E-state index contributed by atoms with van der Waals surface area (Å²) in [7, 11) is 0. The van der Waals surface area contributed by atoms with E-state index in [1.165, 1.54) is 11.1 Å². The molecule has 3 nitrogen and oxygen atoms in total. The Morgan fingerprint density at radius 2 is 2.12 bits per heavy atom. The van der Waals surface area contributed by atoms with Gasteiger partial charge >= 0.3 is 5.97 Å². The van der Waals surface area contributed by atoms with Crippen molar-refractivity contribution in [1.82, 2.24) is 5.32 Å². The summed E-state index contributed by atoms with van der Waals surface area (Å²) in [4.78, 5) is 10.3. The van der Waals surface area contributed by atoms with E-state index in [1.807, 2.05) is 12.1 Å². The summed E-state index contributed by atoms with van der Waals surface area (Å²) >= 11 is 0. The quantitative estimate of drug-likeness (QED) is 0.726. The van der Waals surface area contributed by atoms with Crippen LogP contribution in [0.4, 0.5) is 0 Å². The molecule has 0 fully saturated rings. The highest BCUT2D eigenvalue weighted by Crippen LogP contribution is 2.16. The normalized spacial score (nSPS) is 12.4. The van der Waals surface area contributed by atoms with E-state index in [2.05, 4.69) is 31.3 Å². The minimum atomic E-state index is -0.731. The number of aryl methyl sites for hydroxylation is 1. The molecule has 2 N–H and O–H groups in total. The summed E-state index contributed by atoms with van der Waals surface area (Å²) in [5.41, 5.74) is 2.54. The fraction of sp³-hybridized carbons (Fsp3) is 0.462. The molecule has 0 aliphatic carbocycles. The highest BCUT2D eigenvalue weighted by atomic mass is 16.4. The fourth-order valence-electron chi connectivity index (χ4n) is 1.74. The number of rotatable bonds is 6. The number of nitrogens with one attached hydrogen (secondary N) is 1. The van der Waals surface area contributed by atoms with Gasteiger partial charge in [0.15, 0.2) is 0 Å². The van der Waals surface area contributed by atoms with Crippen LogP contribution in [0.1, 0.15) is 36.9 Å². The molecule has 3 heteroatoms. The van der Waals surface area contributed by atoms with Crippen molar-refractivity contribution < 1.29 is 9.90 Å². The van der Waals surface area contributed by atoms with E-state index in [0.717, 1.165) is 6.54 Å². The maximum absolute atomic E-state index is 10.3. The Hall–Kier alpha value is -1.35. The Morgan fingerprint density at radius 1 is 1.44 bits per heavy atom. The molecule has 1 rings (SSSR count). The van der Waals surface area contributed by atoms with Crippen molar-refractivity contribution in [3.8, 4) is 0 Å². The van der Waals surface area contributed by atoms with Crippen LogP contribution in [0.15, 0.2) is 24.3 Å². The van der Waals surface area contributed by atoms with Crippen LogP contribution in [0.5, 0.6) is 0 Å². The first kappa shape index (κ1) is 12.7. The highest BCUT2D eigenvalue weighted by molar-refractivity contribution is 5.66. The number of benzene rings is 1. The molecule has 1 aromatic rings. The Morgan fingerprint density at radius 3 is 2.75 bits per heavy atom. The SMILES string of the molecule is Cc1ccccc1[C@@H](C)NCCCC(=O)O. The molecule has 0 radical (unpaired) electrons. The van der Waals surface area contributed by atoms with E-state index in [1.54, 1.807) is 0 Å². The first-order valence-corrected chi connectivity index (χ1v) is 5.62. The molecule has 0 spiro atoms. The zero-order chi connectivity index (χ0) is 12.0. The van der Waals surface area contributed by atoms with Crippen LogP contribution in [-0.4, -0.2) is 17.6 Å². The number of carboxylic acid groups (broad SMARTS) is 1. The van der Waals surface area contributed by atoms with E-state index in [4.69, 9.17) is 5.11 Å². The third-order valence-electron chi connectivity index (χ3n) is 2.67. The third kappa shape index (κ3) is 4.03. The van der Waals surface area contributed by atoms with Crippen LogP contribution < -0.4 is 5.32 Å². The van der Waals surface area contributed by atoms with Crippen LogP contribution in [-0.2, 0) is 4.79 Å². The number of aliphatic carboxylic acids is 1. The number of hydrogen-bond donors (Lipinski definition) is 2. The predicted molar refractivity (Wildman–Crippen MR) is 64.5 cm³/mol. The molecule has 0 saturated heterocycles. The lowest BCUT2D eigenvalue weighted by atomic mass is 10.0. The number of carbonyl (C=O) groups is 1. The van der Waals surface area contributed by atoms with Gasteiger partial charge in [0.2, 0.25) is 0 Å². The second-order valence-corrected chi connectivity index (χ2v) is 4.03. The second kappa shape index (κ2) is 6.28. The second-order valence-electron chi connectivity index (χ2n) is 4.03. The zero-order valence-electron chi connectivity index (χ0n) is 9.86. The molecule has 0 aliphatic rings. The van der Waals surface area contributed by atoms with Crippen molar-refractivity contribution in [3.63, 3.8) is 0 Å². The van der Waals surface area contributed by atoms with Crippen molar-refractivity contribution >= 4 is 5.97 Å². The van der Waals surface area contributed by atoms with Gasteiger partial charge in [-0.05, 0) is 37.9 Å². The van der Waals surface area contributed by atoms with E-state index < -0.39 is 5.97 Å². The summed E-state index contributed by atoms with van der Waals surface area (Å²) in [6, 6.07) is 8.51. The van der Waals surface area contributed by atoms with Gasteiger partial charge in [-0.25, -0.2) is 0 Å². The molecule has 1 aromatic carbocycles. The summed E-state index contributed by atoms with van der Waals surface area (Å²) < 4.78 is 0. The zero-order valence-corrected chi connectivity index (χ0v) is 9.86. The molecule has 0 heterocycles. The standard InChI is InChI=1S/C13H19NO2/c1-10-6-3-4-7-12(10)11(2)14-9-5-8-13(15)16/h3-4,6-7,11,14H,5,8-9H2,1-2H3,(H,15,16)/t11-/m1/s1. The van der Waals surface area contributed by atoms with Gasteiger partial charge in [-0.3, -0.25) is 4.79 Å². The smallest absolute Gasteiger partial charge is 0.303 e. The van der Waals surface area contributed by atoms with Gasteiger partial charge < -0.3 is 10.4 Å². The first-order chi connectivity index (χ1) is 7.61. The van der Waals surface area contributed by atoms with Crippen LogP contribution in [0, 0.1) is 6.92 Å². The molecule has 16 heavy (non-hydrogen) atoms. The van der Waals surface area contributed by atoms with Crippen LogP contribution in [0.3, 0.4) is 0 Å². The van der Waals surface area contributed by atoms with E-state index in [-0.39, 0.29) is 12.5 Å². The van der Waals surface area contributed by atoms with Crippen molar-refractivity contribution in [2.45, 2.75) is 32.7 Å². The minimum absolute atomic E-state index is 0.230. The van der Waals surface area contributed by atoms with Gasteiger partial charge in [0.25, 0.3) is 0 Å². The molecule has 0 aromatic heterocycles. The van der Waals surface area contributed by atoms with Crippen LogP contribution in [0.2, 0.25) is 0 Å². The summed E-state index contributed by atoms with van der Waals surface area (Å²) in [5, 5.41) is 11.8. The maximum atomic E-state index is 10.3. The van der Waals surface area contributed by atoms with Gasteiger partial charge in [0, 0.05) is 12.5 Å². The fourth-order valence-corrected chi connectivity index (χ4v) is 1.74. The Kier molecular flexibility index (Phi) is 4.99. The molecule has 0 bridgehead atoms. The van der Waals surface area contributed by atoms with Gasteiger partial charge in [0.1, 0.15) is 0 Å². The maximum Gasteiger partial charge on any atom is 0.303 e. The molecule has 0 unspecified atom stereocenters. The van der Waals surface area contributed by atoms with Gasteiger partial charge in [-0.2, -0.15) is 0 Å². The highest BCUT2D eigenvalue weighted by Gasteiger charge is 2.06. The molecule has 0 saturated carbocycles. The third-order valence-corrected chi connectivity index (χ3v) is 2.67. The summed E-state index contributed by atoms with van der Waals surface area (Å²) in [6.07, 6.45) is 0.902. The van der Waals surface area contributed by atoms with Gasteiger partial charge in [-0.1, -0.05) is 24.3 Å². The van der Waals surface area contributed by atoms with Crippen molar-refractivity contribution in [3.05, 3.63) is 35.4 Å². The summed E-state index contributed by atoms with van der Waals surface area (Å²) in [5.74, 6) is -0.731. The molecular formula is C13H19NO2. The number of carboxylic acids is 1. The van der Waals surface area contributed by atoms with Crippen molar-refractivity contribution in [1.29, 1.82) is 0 Å².